The summed E-state index contributed by atoms with van der Waals surface area (Å²) in [5, 5.41) is 9.46. The maximum atomic E-state index is 12.5. The summed E-state index contributed by atoms with van der Waals surface area (Å²) >= 11 is 0. The summed E-state index contributed by atoms with van der Waals surface area (Å²) in [4.78, 5) is 1.57. The van der Waals surface area contributed by atoms with E-state index >= 15 is 0 Å². The van der Waals surface area contributed by atoms with Gasteiger partial charge in [-0.3, -0.25) is 0 Å². The maximum Gasteiger partial charge on any atom is 0.115 e. The first-order chi connectivity index (χ1) is 8.61. The summed E-state index contributed by atoms with van der Waals surface area (Å²) in [6.45, 7) is 4.00. The molecular weight excluding hydrogens is 244 g/mol. The Morgan fingerprint density at radius 3 is 2.39 bits per heavy atom. The number of benzene rings is 2. The second kappa shape index (κ2) is 5.36. The van der Waals surface area contributed by atoms with Crippen molar-refractivity contribution in [1.82, 2.24) is 0 Å². The van der Waals surface area contributed by atoms with Crippen molar-refractivity contribution in [2.24, 2.45) is 0 Å². The first-order valence-corrected chi connectivity index (χ1v) is 7.07. The van der Waals surface area contributed by atoms with Gasteiger partial charge in [-0.25, -0.2) is 4.21 Å². The highest BCUT2D eigenvalue weighted by molar-refractivity contribution is 7.85. The Bertz CT molecular complexity index is 574. The quantitative estimate of drug-likeness (QED) is 0.918. The fraction of sp³-hybridized carbons (Fsp3) is 0.200. The second-order valence-electron chi connectivity index (χ2n) is 4.23. The summed E-state index contributed by atoms with van der Waals surface area (Å²) in [6, 6.07) is 12.7. The highest BCUT2D eigenvalue weighted by Gasteiger charge is 2.11. The van der Waals surface area contributed by atoms with Crippen molar-refractivity contribution in [2.45, 2.75) is 30.1 Å². The number of rotatable bonds is 3. The molecule has 0 bridgehead atoms. The molecule has 0 fully saturated rings. The Morgan fingerprint density at radius 1 is 1.11 bits per heavy atom. The topological polar surface area (TPSA) is 37.3 Å². The summed E-state index contributed by atoms with van der Waals surface area (Å²) in [7, 11) is -1.19. The number of phenolic OH excluding ortho intramolecular Hbond substituents is 1. The van der Waals surface area contributed by atoms with Gasteiger partial charge in [0.1, 0.15) is 5.75 Å². The fourth-order valence-corrected chi connectivity index (χ4v) is 3.08. The molecule has 0 aliphatic rings. The Labute approximate surface area is 110 Å². The lowest BCUT2D eigenvalue weighted by atomic mass is 10.2. The van der Waals surface area contributed by atoms with Crippen LogP contribution in [0.25, 0.3) is 0 Å². The molecule has 18 heavy (non-hydrogen) atoms. The molecule has 0 aliphatic carbocycles. The third kappa shape index (κ3) is 2.62. The molecule has 2 nitrogen and oxygen atoms in total. The van der Waals surface area contributed by atoms with Crippen molar-refractivity contribution in [1.29, 1.82) is 0 Å². The number of phenols is 1. The van der Waals surface area contributed by atoms with Crippen LogP contribution in [0.15, 0.2) is 52.3 Å². The average Bonchev–Trinajstić information content (AvgIpc) is 2.38. The molecule has 0 heterocycles. The van der Waals surface area contributed by atoms with Crippen LogP contribution in [0.1, 0.15) is 18.1 Å². The minimum atomic E-state index is -1.19. The molecular formula is C15H16O2S. The van der Waals surface area contributed by atoms with Gasteiger partial charge in [-0.1, -0.05) is 24.6 Å². The van der Waals surface area contributed by atoms with Crippen molar-refractivity contribution in [3.8, 4) is 5.75 Å². The minimum absolute atomic E-state index is 0.219. The lowest BCUT2D eigenvalue weighted by Gasteiger charge is -2.08. The van der Waals surface area contributed by atoms with Crippen LogP contribution in [-0.2, 0) is 17.2 Å². The van der Waals surface area contributed by atoms with E-state index in [0.717, 1.165) is 27.3 Å². The van der Waals surface area contributed by atoms with Gasteiger partial charge in [-0.05, 0) is 49.2 Å². The number of aromatic hydroxyl groups is 1. The predicted molar refractivity (Wildman–Crippen MR) is 73.3 cm³/mol. The van der Waals surface area contributed by atoms with Gasteiger partial charge in [0, 0.05) is 9.79 Å². The summed E-state index contributed by atoms with van der Waals surface area (Å²) in [6.07, 6.45) is 0.751. The van der Waals surface area contributed by atoms with Crippen molar-refractivity contribution in [3.05, 3.63) is 53.6 Å². The van der Waals surface area contributed by atoms with Crippen LogP contribution in [0.5, 0.6) is 5.75 Å². The molecule has 2 rings (SSSR count). The van der Waals surface area contributed by atoms with Crippen molar-refractivity contribution in [2.75, 3.05) is 0 Å². The monoisotopic (exact) mass is 260 g/mol. The lowest BCUT2D eigenvalue weighted by molar-refractivity contribution is 0.474. The molecule has 0 saturated carbocycles. The molecule has 0 aromatic heterocycles. The minimum Gasteiger partial charge on any atom is -0.508 e. The predicted octanol–water partition coefficient (Wildman–Crippen LogP) is 3.43. The first kappa shape index (κ1) is 12.8. The van der Waals surface area contributed by atoms with Gasteiger partial charge in [0.15, 0.2) is 0 Å². The van der Waals surface area contributed by atoms with Crippen molar-refractivity contribution in [3.63, 3.8) is 0 Å². The van der Waals surface area contributed by atoms with Crippen LogP contribution in [0, 0.1) is 6.92 Å². The molecule has 0 saturated heterocycles. The Balaban J connectivity index is 2.42. The zero-order valence-electron chi connectivity index (χ0n) is 10.5. The molecule has 0 aliphatic heterocycles. The van der Waals surface area contributed by atoms with Gasteiger partial charge < -0.3 is 5.11 Å². The second-order valence-corrected chi connectivity index (χ2v) is 5.68. The van der Waals surface area contributed by atoms with Crippen LogP contribution >= 0.6 is 0 Å². The van der Waals surface area contributed by atoms with Gasteiger partial charge in [0.25, 0.3) is 0 Å². The van der Waals surface area contributed by atoms with Crippen LogP contribution in [0.3, 0.4) is 0 Å². The van der Waals surface area contributed by atoms with E-state index < -0.39 is 10.8 Å². The molecule has 2 aromatic rings. The first-order valence-electron chi connectivity index (χ1n) is 5.92. The maximum absolute atomic E-state index is 12.5. The number of hydrogen-bond donors (Lipinski definition) is 1. The van der Waals surface area contributed by atoms with Gasteiger partial charge in [0.2, 0.25) is 0 Å². The standard InChI is InChI=1S/C15H16O2S/c1-3-12-10-13(16)6-9-15(12)18(17)14-7-4-11(2)5-8-14/h4-10,16H,3H2,1-2H3. The fourth-order valence-electron chi connectivity index (χ4n) is 1.81. The number of aryl methyl sites for hydroxylation is 2. The highest BCUT2D eigenvalue weighted by atomic mass is 32.2. The van der Waals surface area contributed by atoms with Crippen LogP contribution < -0.4 is 0 Å². The van der Waals surface area contributed by atoms with E-state index in [1.165, 1.54) is 0 Å². The molecule has 0 radical (unpaired) electrons. The van der Waals surface area contributed by atoms with E-state index in [0.29, 0.717) is 0 Å². The Hall–Kier alpha value is -1.61. The van der Waals surface area contributed by atoms with Crippen LogP contribution in [0.2, 0.25) is 0 Å². The molecule has 2 aromatic carbocycles. The van der Waals surface area contributed by atoms with Crippen molar-refractivity contribution < 1.29 is 9.32 Å². The Morgan fingerprint density at radius 2 is 1.78 bits per heavy atom. The summed E-state index contributed by atoms with van der Waals surface area (Å²) < 4.78 is 12.5. The largest absolute Gasteiger partial charge is 0.508 e. The van der Waals surface area contributed by atoms with Crippen LogP contribution in [-0.4, -0.2) is 9.32 Å². The van der Waals surface area contributed by atoms with E-state index in [1.807, 2.05) is 38.1 Å². The zero-order valence-corrected chi connectivity index (χ0v) is 11.3. The summed E-state index contributed by atoms with van der Waals surface area (Å²) in [5.74, 6) is 0.219. The lowest BCUT2D eigenvalue weighted by Crippen LogP contribution is -1.97. The highest BCUT2D eigenvalue weighted by Crippen LogP contribution is 2.24. The third-order valence-corrected chi connectivity index (χ3v) is 4.36. The van der Waals surface area contributed by atoms with Gasteiger partial charge in [-0.15, -0.1) is 0 Å². The SMILES string of the molecule is CCc1cc(O)ccc1S(=O)c1ccc(C)cc1. The van der Waals surface area contributed by atoms with E-state index in [-0.39, 0.29) is 5.75 Å². The molecule has 94 valence electrons. The van der Waals surface area contributed by atoms with Gasteiger partial charge in [-0.2, -0.15) is 0 Å². The van der Waals surface area contributed by atoms with E-state index in [2.05, 4.69) is 0 Å². The molecule has 1 N–H and O–H groups in total. The van der Waals surface area contributed by atoms with Gasteiger partial charge >= 0.3 is 0 Å². The Kier molecular flexibility index (Phi) is 3.82. The molecule has 3 heteroatoms. The van der Waals surface area contributed by atoms with E-state index in [4.69, 9.17) is 0 Å². The molecule has 1 unspecified atom stereocenters. The molecule has 0 spiro atoms. The third-order valence-electron chi connectivity index (χ3n) is 2.86. The van der Waals surface area contributed by atoms with E-state index in [9.17, 15) is 9.32 Å². The summed E-state index contributed by atoms with van der Waals surface area (Å²) in [5.41, 5.74) is 2.08. The van der Waals surface area contributed by atoms with Crippen molar-refractivity contribution >= 4 is 10.8 Å². The smallest absolute Gasteiger partial charge is 0.115 e. The molecule has 0 amide bonds. The van der Waals surface area contributed by atoms with Gasteiger partial charge in [0.05, 0.1) is 10.8 Å². The zero-order chi connectivity index (χ0) is 13.1. The number of hydrogen-bond acceptors (Lipinski definition) is 2. The van der Waals surface area contributed by atoms with E-state index in [1.54, 1.807) is 18.2 Å². The van der Waals surface area contributed by atoms with Crippen LogP contribution in [0.4, 0.5) is 0 Å². The normalized spacial score (nSPS) is 12.3. The molecule has 1 atom stereocenters. The average molecular weight is 260 g/mol.